The third-order valence-corrected chi connectivity index (χ3v) is 2.88. The van der Waals surface area contributed by atoms with Crippen LogP contribution in [0.5, 0.6) is 0 Å². The minimum Gasteiger partial charge on any atom is -0.481 e. The van der Waals surface area contributed by atoms with Gasteiger partial charge < -0.3 is 15.7 Å². The Morgan fingerprint density at radius 2 is 2.12 bits per heavy atom. The molecule has 86 valence electrons. The Morgan fingerprint density at radius 3 is 2.62 bits per heavy atom. The third kappa shape index (κ3) is 2.52. The lowest BCUT2D eigenvalue weighted by Crippen LogP contribution is -2.26. The highest BCUT2D eigenvalue weighted by Gasteiger charge is 2.18. The molecule has 1 atom stereocenters. The molecule has 1 fully saturated rings. The number of hydrogen-bond acceptors (Lipinski definition) is 3. The van der Waals surface area contributed by atoms with Gasteiger partial charge >= 0.3 is 5.97 Å². The van der Waals surface area contributed by atoms with E-state index in [4.69, 9.17) is 10.8 Å². The number of carbonyl (C=O) groups is 1. The van der Waals surface area contributed by atoms with Crippen molar-refractivity contribution < 1.29 is 9.90 Å². The number of carboxylic acid groups (broad SMARTS) is 1. The van der Waals surface area contributed by atoms with Crippen LogP contribution in [0, 0.1) is 0 Å². The highest BCUT2D eigenvalue weighted by atomic mass is 16.4. The van der Waals surface area contributed by atoms with Crippen molar-refractivity contribution in [3.05, 3.63) is 29.8 Å². The molecule has 0 saturated carbocycles. The normalized spacial score (nSPS) is 20.1. The molecule has 1 aromatic rings. The summed E-state index contributed by atoms with van der Waals surface area (Å²) in [5.74, 6) is -0.795. The largest absolute Gasteiger partial charge is 0.481 e. The Bertz CT molecular complexity index is 375. The van der Waals surface area contributed by atoms with E-state index < -0.39 is 5.97 Å². The fraction of sp³-hybridized carbons (Fsp3) is 0.417. The van der Waals surface area contributed by atoms with Crippen molar-refractivity contribution in [2.45, 2.75) is 18.9 Å². The molecule has 0 amide bonds. The highest BCUT2D eigenvalue weighted by Crippen LogP contribution is 2.20. The summed E-state index contributed by atoms with van der Waals surface area (Å²) in [6.45, 7) is 1.87. The van der Waals surface area contributed by atoms with E-state index in [0.29, 0.717) is 0 Å². The van der Waals surface area contributed by atoms with Crippen molar-refractivity contribution in [2.75, 3.05) is 18.0 Å². The first kappa shape index (κ1) is 11.0. The van der Waals surface area contributed by atoms with E-state index >= 15 is 0 Å². The van der Waals surface area contributed by atoms with Crippen LogP contribution in [0.4, 0.5) is 5.69 Å². The number of nitrogens with zero attached hydrogens (tertiary/aromatic N) is 1. The maximum atomic E-state index is 10.5. The molecule has 2 rings (SSSR count). The van der Waals surface area contributed by atoms with Crippen molar-refractivity contribution in [2.24, 2.45) is 5.73 Å². The molecule has 3 N–H and O–H groups in total. The summed E-state index contributed by atoms with van der Waals surface area (Å²) in [6.07, 6.45) is 1.11. The van der Waals surface area contributed by atoms with Gasteiger partial charge in [-0.05, 0) is 24.1 Å². The number of rotatable bonds is 3. The molecule has 4 heteroatoms. The van der Waals surface area contributed by atoms with Crippen LogP contribution in [0.25, 0.3) is 0 Å². The van der Waals surface area contributed by atoms with Crippen LogP contribution in [0.2, 0.25) is 0 Å². The lowest BCUT2D eigenvalue weighted by Gasteiger charge is -2.18. The standard InChI is InChI=1S/C12H16N2O2/c13-10-5-6-14(8-10)11-3-1-9(2-4-11)7-12(15)16/h1-4,10H,5-8,13H2,(H,15,16). The van der Waals surface area contributed by atoms with Crippen LogP contribution in [-0.2, 0) is 11.2 Å². The van der Waals surface area contributed by atoms with Crippen LogP contribution in [0.15, 0.2) is 24.3 Å². The van der Waals surface area contributed by atoms with Gasteiger partial charge in [0, 0.05) is 24.8 Å². The smallest absolute Gasteiger partial charge is 0.307 e. The number of aliphatic carboxylic acids is 1. The first-order valence-electron chi connectivity index (χ1n) is 5.46. The quantitative estimate of drug-likeness (QED) is 0.792. The summed E-state index contributed by atoms with van der Waals surface area (Å²) in [7, 11) is 0. The second kappa shape index (κ2) is 4.53. The Morgan fingerprint density at radius 1 is 1.44 bits per heavy atom. The Hall–Kier alpha value is -1.55. The van der Waals surface area contributed by atoms with Crippen molar-refractivity contribution in [3.63, 3.8) is 0 Å². The molecule has 0 aliphatic carbocycles. The molecule has 0 spiro atoms. The summed E-state index contributed by atoms with van der Waals surface area (Å²) >= 11 is 0. The summed E-state index contributed by atoms with van der Waals surface area (Å²) < 4.78 is 0. The number of carboxylic acids is 1. The molecule has 0 aromatic heterocycles. The number of nitrogens with two attached hydrogens (primary N) is 1. The fourth-order valence-electron chi connectivity index (χ4n) is 2.02. The van der Waals surface area contributed by atoms with Crippen LogP contribution in [-0.4, -0.2) is 30.2 Å². The number of anilines is 1. The minimum absolute atomic E-state index is 0.0831. The molecule has 1 saturated heterocycles. The van der Waals surface area contributed by atoms with Crippen molar-refractivity contribution in [1.29, 1.82) is 0 Å². The third-order valence-electron chi connectivity index (χ3n) is 2.88. The molecule has 1 unspecified atom stereocenters. The maximum absolute atomic E-state index is 10.5. The van der Waals surface area contributed by atoms with Gasteiger partial charge in [0.15, 0.2) is 0 Å². The predicted molar refractivity (Wildman–Crippen MR) is 62.6 cm³/mol. The topological polar surface area (TPSA) is 66.6 Å². The van der Waals surface area contributed by atoms with E-state index in [1.54, 1.807) is 0 Å². The van der Waals surface area contributed by atoms with E-state index in [1.807, 2.05) is 24.3 Å². The van der Waals surface area contributed by atoms with Crippen LogP contribution >= 0.6 is 0 Å². The summed E-state index contributed by atoms with van der Waals surface area (Å²) in [5, 5.41) is 8.66. The summed E-state index contributed by atoms with van der Waals surface area (Å²) in [5.41, 5.74) is 7.80. The summed E-state index contributed by atoms with van der Waals surface area (Å²) in [6, 6.07) is 7.94. The molecular formula is C12H16N2O2. The molecule has 0 bridgehead atoms. The van der Waals surface area contributed by atoms with E-state index in [0.717, 1.165) is 30.8 Å². The SMILES string of the molecule is NC1CCN(c2ccc(CC(=O)O)cc2)C1. The zero-order chi connectivity index (χ0) is 11.5. The van der Waals surface area contributed by atoms with Crippen LogP contribution in [0.3, 0.4) is 0 Å². The molecule has 16 heavy (non-hydrogen) atoms. The van der Waals surface area contributed by atoms with Gasteiger partial charge in [-0.2, -0.15) is 0 Å². The zero-order valence-corrected chi connectivity index (χ0v) is 9.10. The van der Waals surface area contributed by atoms with Gasteiger partial charge in [-0.25, -0.2) is 0 Å². The minimum atomic E-state index is -0.795. The zero-order valence-electron chi connectivity index (χ0n) is 9.10. The highest BCUT2D eigenvalue weighted by molar-refractivity contribution is 5.70. The average molecular weight is 220 g/mol. The Labute approximate surface area is 94.7 Å². The van der Waals surface area contributed by atoms with Crippen LogP contribution < -0.4 is 10.6 Å². The van der Waals surface area contributed by atoms with Gasteiger partial charge in [-0.1, -0.05) is 12.1 Å². The molecule has 1 aliphatic heterocycles. The monoisotopic (exact) mass is 220 g/mol. The van der Waals surface area contributed by atoms with Crippen molar-refractivity contribution in [3.8, 4) is 0 Å². The van der Waals surface area contributed by atoms with E-state index in [-0.39, 0.29) is 12.5 Å². The molecule has 1 heterocycles. The number of benzene rings is 1. The second-order valence-electron chi connectivity index (χ2n) is 4.23. The van der Waals surface area contributed by atoms with E-state index in [2.05, 4.69) is 4.90 Å². The van der Waals surface area contributed by atoms with Crippen molar-refractivity contribution >= 4 is 11.7 Å². The van der Waals surface area contributed by atoms with Crippen molar-refractivity contribution in [1.82, 2.24) is 0 Å². The van der Waals surface area contributed by atoms with E-state index in [1.165, 1.54) is 0 Å². The predicted octanol–water partition coefficient (Wildman–Crippen LogP) is 0.851. The Balaban J connectivity index is 2.04. The van der Waals surface area contributed by atoms with Gasteiger partial charge in [0.25, 0.3) is 0 Å². The van der Waals surface area contributed by atoms with Gasteiger partial charge in [-0.3, -0.25) is 4.79 Å². The molecule has 4 nitrogen and oxygen atoms in total. The second-order valence-corrected chi connectivity index (χ2v) is 4.23. The molecule has 0 radical (unpaired) electrons. The van der Waals surface area contributed by atoms with Gasteiger partial charge in [0.2, 0.25) is 0 Å². The summed E-state index contributed by atoms with van der Waals surface area (Å²) in [4.78, 5) is 12.8. The van der Waals surface area contributed by atoms with Gasteiger partial charge in [0.1, 0.15) is 0 Å². The molecular weight excluding hydrogens is 204 g/mol. The molecule has 1 aliphatic rings. The maximum Gasteiger partial charge on any atom is 0.307 e. The molecule has 1 aromatic carbocycles. The van der Waals surface area contributed by atoms with Gasteiger partial charge in [-0.15, -0.1) is 0 Å². The van der Waals surface area contributed by atoms with E-state index in [9.17, 15) is 4.79 Å². The first-order chi connectivity index (χ1) is 7.65. The lowest BCUT2D eigenvalue weighted by molar-refractivity contribution is -0.136. The average Bonchev–Trinajstić information content (AvgIpc) is 2.65. The number of hydrogen-bond donors (Lipinski definition) is 2. The van der Waals surface area contributed by atoms with Gasteiger partial charge in [0.05, 0.1) is 6.42 Å². The first-order valence-corrected chi connectivity index (χ1v) is 5.46. The Kier molecular flexibility index (Phi) is 3.10. The van der Waals surface area contributed by atoms with Crippen LogP contribution in [0.1, 0.15) is 12.0 Å². The lowest BCUT2D eigenvalue weighted by atomic mass is 10.1. The fourth-order valence-corrected chi connectivity index (χ4v) is 2.02.